The molecule has 1 aromatic carbocycles. The first kappa shape index (κ1) is 18.7. The number of hydrogen-bond acceptors (Lipinski definition) is 6. The van der Waals surface area contributed by atoms with Gasteiger partial charge in [0.15, 0.2) is 6.54 Å². The van der Waals surface area contributed by atoms with E-state index in [4.69, 9.17) is 9.15 Å². The Kier molecular flexibility index (Phi) is 5.94. The largest absolute Gasteiger partial charge is 0.455 e. The molecule has 1 fully saturated rings. The molecule has 0 aliphatic carbocycles. The molecule has 142 valence electrons. The van der Waals surface area contributed by atoms with E-state index < -0.39 is 4.92 Å². The van der Waals surface area contributed by atoms with Gasteiger partial charge in [-0.3, -0.25) is 14.9 Å². The Morgan fingerprint density at radius 2 is 2.11 bits per heavy atom. The van der Waals surface area contributed by atoms with E-state index in [-0.39, 0.29) is 11.6 Å². The number of amides is 1. The fourth-order valence-corrected chi connectivity index (χ4v) is 2.81. The molecule has 1 saturated heterocycles. The van der Waals surface area contributed by atoms with Crippen LogP contribution in [-0.4, -0.2) is 49.9 Å². The van der Waals surface area contributed by atoms with Gasteiger partial charge in [-0.25, -0.2) is 5.43 Å². The van der Waals surface area contributed by atoms with Crippen molar-refractivity contribution in [3.63, 3.8) is 0 Å². The van der Waals surface area contributed by atoms with Crippen LogP contribution in [-0.2, 0) is 9.53 Å². The van der Waals surface area contributed by atoms with E-state index in [1.54, 1.807) is 31.2 Å². The molecule has 2 N–H and O–H groups in total. The third kappa shape index (κ3) is 4.99. The molecule has 0 saturated carbocycles. The third-order valence-electron chi connectivity index (χ3n) is 4.31. The second kappa shape index (κ2) is 8.56. The number of morpholine rings is 1. The summed E-state index contributed by atoms with van der Waals surface area (Å²) in [6.45, 7) is 4.97. The lowest BCUT2D eigenvalue weighted by Gasteiger charge is -2.22. The number of aryl methyl sites for hydroxylation is 1. The van der Waals surface area contributed by atoms with E-state index in [2.05, 4.69) is 10.5 Å². The molecule has 3 rings (SSSR count). The zero-order chi connectivity index (χ0) is 19.2. The fraction of sp³-hybridized carbons (Fsp3) is 0.333. The minimum Gasteiger partial charge on any atom is -0.455 e. The van der Waals surface area contributed by atoms with Crippen molar-refractivity contribution < 1.29 is 23.8 Å². The number of nitrogens with zero attached hydrogens (tertiary/aromatic N) is 2. The summed E-state index contributed by atoms with van der Waals surface area (Å²) in [7, 11) is 0. The van der Waals surface area contributed by atoms with Crippen LogP contribution in [0.3, 0.4) is 0 Å². The van der Waals surface area contributed by atoms with Crippen molar-refractivity contribution in [2.75, 3.05) is 32.8 Å². The number of hydrogen-bond donors (Lipinski definition) is 2. The molecule has 1 amide bonds. The van der Waals surface area contributed by atoms with Gasteiger partial charge in [0.2, 0.25) is 0 Å². The summed E-state index contributed by atoms with van der Waals surface area (Å²) >= 11 is 0. The van der Waals surface area contributed by atoms with E-state index in [9.17, 15) is 14.9 Å². The number of nitrogens with one attached hydrogen (secondary N) is 2. The number of nitro benzene ring substituents is 1. The van der Waals surface area contributed by atoms with E-state index in [1.165, 1.54) is 12.3 Å². The summed E-state index contributed by atoms with van der Waals surface area (Å²) in [6.07, 6.45) is 1.40. The van der Waals surface area contributed by atoms with Crippen LogP contribution in [0.4, 0.5) is 5.69 Å². The number of benzene rings is 1. The standard InChI is InChI=1S/C18H20N4O5/c1-13-2-3-14(10-16(13)22(24)25)17-5-4-15(27-17)11-19-20-18(23)12-21-6-8-26-9-7-21/h2-5,10-11H,6-9,12H2,1H3,(H,20,23)/p+1/b19-11-. The highest BCUT2D eigenvalue weighted by Gasteiger charge is 2.17. The number of carbonyl (C=O) groups excluding carboxylic acids is 1. The Bertz CT molecular complexity index is 855. The van der Waals surface area contributed by atoms with Gasteiger partial charge in [-0.2, -0.15) is 5.10 Å². The van der Waals surface area contributed by atoms with Crippen LogP contribution in [0, 0.1) is 17.0 Å². The van der Waals surface area contributed by atoms with Gasteiger partial charge in [0.25, 0.3) is 11.6 Å². The van der Waals surface area contributed by atoms with E-state index in [1.807, 2.05) is 0 Å². The van der Waals surface area contributed by atoms with Crippen molar-refractivity contribution >= 4 is 17.8 Å². The molecule has 9 heteroatoms. The van der Waals surface area contributed by atoms with Crippen LogP contribution in [0.5, 0.6) is 0 Å². The number of carbonyl (C=O) groups is 1. The summed E-state index contributed by atoms with van der Waals surface area (Å²) in [6, 6.07) is 8.30. The normalized spacial score (nSPS) is 15.1. The van der Waals surface area contributed by atoms with Gasteiger partial charge in [0, 0.05) is 17.2 Å². The molecular weight excluding hydrogens is 352 g/mol. The molecule has 1 aliphatic rings. The van der Waals surface area contributed by atoms with Crippen molar-refractivity contribution in [2.24, 2.45) is 5.10 Å². The van der Waals surface area contributed by atoms with Gasteiger partial charge in [-0.15, -0.1) is 0 Å². The van der Waals surface area contributed by atoms with E-state index in [0.717, 1.165) is 18.0 Å². The summed E-state index contributed by atoms with van der Waals surface area (Å²) in [4.78, 5) is 23.7. The van der Waals surface area contributed by atoms with Gasteiger partial charge in [-0.1, -0.05) is 12.1 Å². The lowest BCUT2D eigenvalue weighted by atomic mass is 10.1. The number of rotatable bonds is 6. The van der Waals surface area contributed by atoms with Crippen LogP contribution >= 0.6 is 0 Å². The Labute approximate surface area is 155 Å². The maximum Gasteiger partial charge on any atom is 0.295 e. The molecule has 1 aromatic heterocycles. The summed E-state index contributed by atoms with van der Waals surface area (Å²) in [5.74, 6) is 0.750. The molecule has 1 aliphatic heterocycles. The number of nitro groups is 1. The lowest BCUT2D eigenvalue weighted by molar-refractivity contribution is -0.900. The maximum atomic E-state index is 11.9. The number of quaternary nitrogens is 1. The summed E-state index contributed by atoms with van der Waals surface area (Å²) in [5.41, 5.74) is 3.71. The average Bonchev–Trinajstić information content (AvgIpc) is 3.11. The molecule has 27 heavy (non-hydrogen) atoms. The van der Waals surface area contributed by atoms with Crippen LogP contribution in [0.1, 0.15) is 11.3 Å². The average molecular weight is 373 g/mol. The molecular formula is C18H21N4O5+. The number of furan rings is 1. The minimum absolute atomic E-state index is 0.0389. The Morgan fingerprint density at radius 1 is 1.33 bits per heavy atom. The highest BCUT2D eigenvalue weighted by atomic mass is 16.6. The molecule has 0 radical (unpaired) electrons. The molecule has 9 nitrogen and oxygen atoms in total. The molecule has 0 unspecified atom stereocenters. The first-order valence-corrected chi connectivity index (χ1v) is 8.61. The maximum absolute atomic E-state index is 11.9. The topological polar surface area (TPSA) is 111 Å². The van der Waals surface area contributed by atoms with Crippen molar-refractivity contribution in [3.8, 4) is 11.3 Å². The van der Waals surface area contributed by atoms with Crippen LogP contribution in [0.15, 0.2) is 39.9 Å². The minimum atomic E-state index is -0.421. The first-order chi connectivity index (χ1) is 13.0. The Hall–Kier alpha value is -3.04. The van der Waals surface area contributed by atoms with Gasteiger partial charge in [0.05, 0.1) is 24.4 Å². The van der Waals surface area contributed by atoms with E-state index in [0.29, 0.717) is 42.4 Å². The Morgan fingerprint density at radius 3 is 2.85 bits per heavy atom. The van der Waals surface area contributed by atoms with Crippen LogP contribution in [0.2, 0.25) is 0 Å². The van der Waals surface area contributed by atoms with Gasteiger partial charge in [0.1, 0.15) is 24.6 Å². The second-order valence-electron chi connectivity index (χ2n) is 6.29. The highest BCUT2D eigenvalue weighted by molar-refractivity contribution is 5.81. The SMILES string of the molecule is Cc1ccc(-c2ccc(/C=N\NC(=O)C[NH+]3CCOCC3)o2)cc1[N+](=O)[O-]. The molecule has 2 aromatic rings. The molecule has 0 bridgehead atoms. The number of hydrazone groups is 1. The monoisotopic (exact) mass is 373 g/mol. The smallest absolute Gasteiger partial charge is 0.295 e. The Balaban J connectivity index is 1.59. The third-order valence-corrected chi connectivity index (χ3v) is 4.31. The quantitative estimate of drug-likeness (QED) is 0.436. The van der Waals surface area contributed by atoms with E-state index >= 15 is 0 Å². The molecule has 0 spiro atoms. The lowest BCUT2D eigenvalue weighted by Crippen LogP contribution is -3.15. The van der Waals surface area contributed by atoms with Crippen LogP contribution in [0.25, 0.3) is 11.3 Å². The van der Waals surface area contributed by atoms with Crippen molar-refractivity contribution in [1.29, 1.82) is 0 Å². The predicted octanol–water partition coefficient (Wildman–Crippen LogP) is 0.528. The summed E-state index contributed by atoms with van der Waals surface area (Å²) in [5, 5.41) is 15.0. The zero-order valence-corrected chi connectivity index (χ0v) is 14.9. The number of ether oxygens (including phenoxy) is 1. The first-order valence-electron chi connectivity index (χ1n) is 8.61. The highest BCUT2D eigenvalue weighted by Crippen LogP contribution is 2.27. The van der Waals surface area contributed by atoms with Gasteiger partial charge < -0.3 is 14.1 Å². The van der Waals surface area contributed by atoms with Crippen molar-refractivity contribution in [3.05, 3.63) is 51.8 Å². The van der Waals surface area contributed by atoms with Crippen molar-refractivity contribution in [1.82, 2.24) is 5.43 Å². The van der Waals surface area contributed by atoms with Crippen molar-refractivity contribution in [2.45, 2.75) is 6.92 Å². The van der Waals surface area contributed by atoms with Gasteiger partial charge in [-0.05, 0) is 19.1 Å². The molecule has 2 heterocycles. The fourth-order valence-electron chi connectivity index (χ4n) is 2.81. The van der Waals surface area contributed by atoms with Gasteiger partial charge >= 0.3 is 0 Å². The summed E-state index contributed by atoms with van der Waals surface area (Å²) < 4.78 is 10.9. The molecule has 0 atom stereocenters. The zero-order valence-electron chi connectivity index (χ0n) is 14.9. The van der Waals surface area contributed by atoms with Crippen LogP contribution < -0.4 is 10.3 Å². The predicted molar refractivity (Wildman–Crippen MR) is 97.7 cm³/mol. The second-order valence-corrected chi connectivity index (χ2v) is 6.29.